The fourth-order valence-electron chi connectivity index (χ4n) is 9.03. The van der Waals surface area contributed by atoms with E-state index in [0.29, 0.717) is 24.2 Å². The van der Waals surface area contributed by atoms with E-state index < -0.39 is 71.2 Å². The SMILES string of the molecule is CC(C)C(OC(=O)C1C2CC3C(OC(=O)C31)C2OC(=O)C12CC3CC(CC(C3)C1)C2)C(F)(F)C(=O)[O-]. The third-order valence-corrected chi connectivity index (χ3v) is 10.0. The van der Waals surface area contributed by atoms with Crippen LogP contribution in [0.1, 0.15) is 58.8 Å². The van der Waals surface area contributed by atoms with E-state index >= 15 is 0 Å². The van der Waals surface area contributed by atoms with Crippen molar-refractivity contribution >= 4 is 23.9 Å². The number of carboxylic acids is 1. The van der Waals surface area contributed by atoms with Crippen LogP contribution in [0.4, 0.5) is 8.78 Å². The number of rotatable bonds is 7. The lowest BCUT2D eigenvalue weighted by Crippen LogP contribution is -2.55. The van der Waals surface area contributed by atoms with Crippen molar-refractivity contribution in [1.82, 2.24) is 0 Å². The van der Waals surface area contributed by atoms with E-state index in [1.165, 1.54) is 13.8 Å². The predicted octanol–water partition coefficient (Wildman–Crippen LogP) is 1.88. The second-order valence-corrected chi connectivity index (χ2v) is 12.6. The summed E-state index contributed by atoms with van der Waals surface area (Å²) < 4.78 is 45.2. The quantitative estimate of drug-likeness (QED) is 0.377. The summed E-state index contributed by atoms with van der Waals surface area (Å²) in [4.78, 5) is 50.5. The molecule has 1 aliphatic heterocycles. The maximum Gasteiger partial charge on any atom is 0.323 e. The summed E-state index contributed by atoms with van der Waals surface area (Å²) in [7, 11) is 0. The molecule has 0 aromatic carbocycles. The number of halogens is 2. The van der Waals surface area contributed by atoms with Gasteiger partial charge in [-0.15, -0.1) is 0 Å². The molecule has 7 unspecified atom stereocenters. The largest absolute Gasteiger partial charge is 0.544 e. The minimum absolute atomic E-state index is 0.297. The second kappa shape index (κ2) is 7.87. The van der Waals surface area contributed by atoms with Crippen LogP contribution in [0.3, 0.4) is 0 Å². The molecule has 0 N–H and O–H groups in total. The van der Waals surface area contributed by atoms with Gasteiger partial charge in [-0.05, 0) is 68.6 Å². The number of alkyl halides is 2. The van der Waals surface area contributed by atoms with Crippen LogP contribution >= 0.6 is 0 Å². The molecule has 6 aliphatic carbocycles. The molecule has 1 saturated heterocycles. The number of carbonyl (C=O) groups excluding carboxylic acids is 4. The molecule has 0 spiro atoms. The minimum Gasteiger partial charge on any atom is -0.544 e. The van der Waals surface area contributed by atoms with Gasteiger partial charge in [0.1, 0.15) is 18.2 Å². The van der Waals surface area contributed by atoms with Crippen LogP contribution in [0.5, 0.6) is 0 Å². The zero-order valence-electron chi connectivity index (χ0n) is 20.3. The Balaban J connectivity index is 1.22. The number of hydrogen-bond acceptors (Lipinski definition) is 8. The van der Waals surface area contributed by atoms with Crippen LogP contribution in [-0.2, 0) is 33.4 Å². The Morgan fingerprint density at radius 2 is 1.61 bits per heavy atom. The summed E-state index contributed by atoms with van der Waals surface area (Å²) in [6, 6.07) is 0. The molecule has 6 bridgehead atoms. The Hall–Kier alpha value is -2.26. The zero-order valence-corrected chi connectivity index (χ0v) is 20.3. The van der Waals surface area contributed by atoms with Crippen LogP contribution in [0.2, 0.25) is 0 Å². The Morgan fingerprint density at radius 3 is 2.14 bits per heavy atom. The molecular formula is C26H31F2O8-. The lowest BCUT2D eigenvalue weighted by Gasteiger charge is -2.55. The first-order valence-electron chi connectivity index (χ1n) is 13.1. The van der Waals surface area contributed by atoms with Crippen molar-refractivity contribution in [1.29, 1.82) is 0 Å². The highest BCUT2D eigenvalue weighted by molar-refractivity contribution is 5.87. The van der Waals surface area contributed by atoms with Crippen molar-refractivity contribution in [2.24, 2.45) is 52.8 Å². The number of carboxylic acid groups (broad SMARTS) is 1. The van der Waals surface area contributed by atoms with E-state index in [4.69, 9.17) is 14.2 Å². The average Bonchev–Trinajstić information content (AvgIpc) is 3.39. The lowest BCUT2D eigenvalue weighted by molar-refractivity contribution is -0.337. The van der Waals surface area contributed by atoms with Crippen molar-refractivity contribution in [2.75, 3.05) is 0 Å². The molecule has 7 atom stereocenters. The number of hydrogen-bond donors (Lipinski definition) is 0. The van der Waals surface area contributed by atoms with E-state index in [9.17, 15) is 33.1 Å². The molecular weight excluding hydrogens is 478 g/mol. The molecule has 0 aromatic rings. The smallest absolute Gasteiger partial charge is 0.323 e. The van der Waals surface area contributed by atoms with Gasteiger partial charge in [0, 0.05) is 11.8 Å². The van der Waals surface area contributed by atoms with Gasteiger partial charge in [0.25, 0.3) is 0 Å². The molecule has 7 fully saturated rings. The van der Waals surface area contributed by atoms with Gasteiger partial charge in [-0.2, -0.15) is 8.78 Å². The van der Waals surface area contributed by atoms with Crippen LogP contribution in [0.25, 0.3) is 0 Å². The van der Waals surface area contributed by atoms with Gasteiger partial charge in [0.15, 0.2) is 6.10 Å². The van der Waals surface area contributed by atoms with Crippen molar-refractivity contribution in [2.45, 2.75) is 83.0 Å². The summed E-state index contributed by atoms with van der Waals surface area (Å²) in [5, 5.41) is 11.0. The van der Waals surface area contributed by atoms with E-state index in [0.717, 1.165) is 38.5 Å². The summed E-state index contributed by atoms with van der Waals surface area (Å²) in [5.74, 6) is -11.5. The molecule has 10 heteroatoms. The van der Waals surface area contributed by atoms with Gasteiger partial charge < -0.3 is 24.1 Å². The van der Waals surface area contributed by atoms with Crippen LogP contribution in [0, 0.1) is 52.8 Å². The summed E-state index contributed by atoms with van der Waals surface area (Å²) in [5.41, 5.74) is -0.534. The monoisotopic (exact) mass is 509 g/mol. The summed E-state index contributed by atoms with van der Waals surface area (Å²) in [6.45, 7) is 2.62. The number of aliphatic carboxylic acids is 1. The third kappa shape index (κ3) is 3.34. The Kier molecular flexibility index (Phi) is 5.27. The maximum absolute atomic E-state index is 14.3. The highest BCUT2D eigenvalue weighted by atomic mass is 19.3. The molecule has 8 nitrogen and oxygen atoms in total. The third-order valence-electron chi connectivity index (χ3n) is 10.0. The normalized spacial score (nSPS) is 44.6. The number of fused-ring (bicyclic) bond motifs is 1. The zero-order chi connectivity index (χ0) is 25.7. The maximum atomic E-state index is 14.3. The van der Waals surface area contributed by atoms with Crippen molar-refractivity contribution < 1.29 is 47.3 Å². The fraction of sp³-hybridized carbons (Fsp3) is 0.846. The first kappa shape index (κ1) is 24.1. The van der Waals surface area contributed by atoms with E-state index in [2.05, 4.69) is 0 Å². The summed E-state index contributed by atoms with van der Waals surface area (Å²) >= 11 is 0. The second-order valence-electron chi connectivity index (χ2n) is 12.6. The molecule has 0 radical (unpaired) electrons. The molecule has 36 heavy (non-hydrogen) atoms. The van der Waals surface area contributed by atoms with Crippen molar-refractivity contribution in [3.63, 3.8) is 0 Å². The van der Waals surface area contributed by atoms with Crippen molar-refractivity contribution in [3.8, 4) is 0 Å². The van der Waals surface area contributed by atoms with Gasteiger partial charge in [-0.3, -0.25) is 14.4 Å². The number of carbonyl (C=O) groups is 4. The summed E-state index contributed by atoms with van der Waals surface area (Å²) in [6.07, 6.45) is 2.49. The van der Waals surface area contributed by atoms with Gasteiger partial charge >= 0.3 is 23.8 Å². The Bertz CT molecular complexity index is 973. The van der Waals surface area contributed by atoms with Gasteiger partial charge in [0.05, 0.1) is 17.3 Å². The first-order chi connectivity index (χ1) is 16.9. The molecule has 0 amide bonds. The van der Waals surface area contributed by atoms with E-state index in [1.807, 2.05) is 0 Å². The minimum atomic E-state index is -4.40. The predicted molar refractivity (Wildman–Crippen MR) is 114 cm³/mol. The molecule has 198 valence electrons. The molecule has 1 heterocycles. The Labute approximate surface area is 207 Å². The number of esters is 3. The van der Waals surface area contributed by atoms with Crippen molar-refractivity contribution in [3.05, 3.63) is 0 Å². The molecule has 7 rings (SSSR count). The topological polar surface area (TPSA) is 119 Å². The highest BCUT2D eigenvalue weighted by Gasteiger charge is 2.71. The van der Waals surface area contributed by atoms with E-state index in [1.54, 1.807) is 0 Å². The standard InChI is InChI=1S/C26H32F2O8/c1-10(2)20(26(27,28)23(31)32)36-22(30)17-15-6-14-16(17)21(29)34-18(14)19(15)35-24(33)25-7-11-3-12(8-25)5-13(4-11)9-25/h10-20H,3-9H2,1-2H3,(H,31,32)/p-1. The van der Waals surface area contributed by atoms with Gasteiger partial charge in [-0.25, -0.2) is 0 Å². The van der Waals surface area contributed by atoms with Gasteiger partial charge in [-0.1, -0.05) is 13.8 Å². The van der Waals surface area contributed by atoms with Crippen LogP contribution in [0.15, 0.2) is 0 Å². The Morgan fingerprint density at radius 1 is 1.03 bits per heavy atom. The van der Waals surface area contributed by atoms with Crippen LogP contribution < -0.4 is 5.11 Å². The fourth-order valence-corrected chi connectivity index (χ4v) is 9.03. The van der Waals surface area contributed by atoms with E-state index in [-0.39, 0.29) is 11.9 Å². The molecule has 6 saturated carbocycles. The molecule has 0 aromatic heterocycles. The number of ether oxygens (including phenoxy) is 3. The molecule has 7 aliphatic rings. The first-order valence-corrected chi connectivity index (χ1v) is 13.1. The lowest BCUT2D eigenvalue weighted by atomic mass is 9.49. The average molecular weight is 510 g/mol. The highest BCUT2D eigenvalue weighted by Crippen LogP contribution is 2.62. The van der Waals surface area contributed by atoms with Crippen LogP contribution in [-0.4, -0.2) is 48.1 Å². The van der Waals surface area contributed by atoms with Gasteiger partial charge in [0.2, 0.25) is 0 Å².